The SMILES string of the molecule is CC1Cc2ccccc2N1Cc1occc1C(=O)N1CCN(Cc2ccc(C#N)cc2)CC1. The van der Waals surface area contributed by atoms with Crippen LogP contribution in [0.5, 0.6) is 0 Å². The van der Waals surface area contributed by atoms with Crippen molar-refractivity contribution in [2.45, 2.75) is 32.5 Å². The number of nitriles is 1. The number of benzene rings is 2. The van der Waals surface area contributed by atoms with Crippen molar-refractivity contribution >= 4 is 11.6 Å². The van der Waals surface area contributed by atoms with Crippen LogP contribution < -0.4 is 4.90 Å². The molecule has 0 radical (unpaired) electrons. The van der Waals surface area contributed by atoms with Gasteiger partial charge in [-0.25, -0.2) is 0 Å². The lowest BCUT2D eigenvalue weighted by Crippen LogP contribution is -2.48. The van der Waals surface area contributed by atoms with Gasteiger partial charge in [0.15, 0.2) is 0 Å². The zero-order valence-electron chi connectivity index (χ0n) is 18.9. The van der Waals surface area contributed by atoms with E-state index in [0.29, 0.717) is 36.8 Å². The highest BCUT2D eigenvalue weighted by Gasteiger charge is 2.30. The van der Waals surface area contributed by atoms with Crippen molar-refractivity contribution in [2.75, 3.05) is 31.1 Å². The van der Waals surface area contributed by atoms with Crippen LogP contribution in [0.1, 0.15) is 39.7 Å². The summed E-state index contributed by atoms with van der Waals surface area (Å²) in [7, 11) is 0. The Bertz CT molecular complexity index is 1170. The average molecular weight is 441 g/mol. The monoisotopic (exact) mass is 440 g/mol. The molecule has 2 aliphatic rings. The predicted octanol–water partition coefficient (Wildman–Crippen LogP) is 4.06. The van der Waals surface area contributed by atoms with Crippen molar-refractivity contribution in [1.29, 1.82) is 5.26 Å². The van der Waals surface area contributed by atoms with Gasteiger partial charge < -0.3 is 14.2 Å². The van der Waals surface area contributed by atoms with E-state index in [4.69, 9.17) is 9.68 Å². The van der Waals surface area contributed by atoms with E-state index >= 15 is 0 Å². The number of amides is 1. The fourth-order valence-electron chi connectivity index (χ4n) is 4.90. The highest BCUT2D eigenvalue weighted by Crippen LogP contribution is 2.33. The summed E-state index contributed by atoms with van der Waals surface area (Å²) in [4.78, 5) is 19.9. The lowest BCUT2D eigenvalue weighted by atomic mass is 10.1. The number of fused-ring (bicyclic) bond motifs is 1. The molecule has 168 valence electrons. The first-order chi connectivity index (χ1) is 16.1. The number of nitrogens with zero attached hydrogens (tertiary/aromatic N) is 4. The maximum absolute atomic E-state index is 13.3. The number of anilines is 1. The molecule has 3 aromatic rings. The minimum Gasteiger partial charge on any atom is -0.467 e. The molecule has 6 nitrogen and oxygen atoms in total. The highest BCUT2D eigenvalue weighted by atomic mass is 16.3. The summed E-state index contributed by atoms with van der Waals surface area (Å²) >= 11 is 0. The summed E-state index contributed by atoms with van der Waals surface area (Å²) in [6.07, 6.45) is 2.65. The lowest BCUT2D eigenvalue weighted by molar-refractivity contribution is 0.0626. The topological polar surface area (TPSA) is 63.7 Å². The van der Waals surface area contributed by atoms with E-state index in [0.717, 1.165) is 31.8 Å². The van der Waals surface area contributed by atoms with Crippen LogP contribution in [0.25, 0.3) is 0 Å². The number of hydrogen-bond acceptors (Lipinski definition) is 5. The lowest BCUT2D eigenvalue weighted by Gasteiger charge is -2.35. The van der Waals surface area contributed by atoms with Crippen molar-refractivity contribution in [3.63, 3.8) is 0 Å². The largest absolute Gasteiger partial charge is 0.467 e. The van der Waals surface area contributed by atoms with Crippen LogP contribution >= 0.6 is 0 Å². The molecule has 3 heterocycles. The van der Waals surface area contributed by atoms with E-state index in [2.05, 4.69) is 47.1 Å². The first-order valence-corrected chi connectivity index (χ1v) is 11.5. The van der Waals surface area contributed by atoms with Gasteiger partial charge in [0.2, 0.25) is 0 Å². The van der Waals surface area contributed by atoms with E-state index in [-0.39, 0.29) is 5.91 Å². The quantitative estimate of drug-likeness (QED) is 0.599. The molecule has 0 spiro atoms. The molecule has 0 aliphatic carbocycles. The standard InChI is InChI=1S/C27H28N4O2/c1-20-16-23-4-2-3-5-25(23)31(20)19-26-24(10-15-33-26)27(32)30-13-11-29(12-14-30)18-22-8-6-21(17-28)7-9-22/h2-10,15,20H,11-14,16,18-19H2,1H3. The Morgan fingerprint density at radius 3 is 2.55 bits per heavy atom. The van der Waals surface area contributed by atoms with Crippen LogP contribution in [0, 0.1) is 11.3 Å². The van der Waals surface area contributed by atoms with Gasteiger partial charge in [0.05, 0.1) is 30.0 Å². The number of rotatable bonds is 5. The van der Waals surface area contributed by atoms with Gasteiger partial charge in [0.1, 0.15) is 5.76 Å². The number of hydrogen-bond donors (Lipinski definition) is 0. The second-order valence-electron chi connectivity index (χ2n) is 8.94. The summed E-state index contributed by atoms with van der Waals surface area (Å²) in [5.41, 5.74) is 5.12. The van der Waals surface area contributed by atoms with Gasteiger partial charge in [0.25, 0.3) is 5.91 Å². The van der Waals surface area contributed by atoms with Crippen molar-refractivity contribution < 1.29 is 9.21 Å². The van der Waals surface area contributed by atoms with Crippen molar-refractivity contribution in [2.24, 2.45) is 0 Å². The normalized spacial score (nSPS) is 18.2. The van der Waals surface area contributed by atoms with Gasteiger partial charge in [-0.15, -0.1) is 0 Å². The second kappa shape index (κ2) is 9.13. The molecule has 1 unspecified atom stereocenters. The maximum atomic E-state index is 13.3. The molecule has 33 heavy (non-hydrogen) atoms. The van der Waals surface area contributed by atoms with Crippen molar-refractivity contribution in [3.8, 4) is 6.07 Å². The van der Waals surface area contributed by atoms with Crippen LogP contribution in [0.3, 0.4) is 0 Å². The van der Waals surface area contributed by atoms with Crippen LogP contribution in [-0.2, 0) is 19.5 Å². The highest BCUT2D eigenvalue weighted by molar-refractivity contribution is 5.95. The molecule has 1 amide bonds. The molecule has 0 N–H and O–H groups in total. The third-order valence-electron chi connectivity index (χ3n) is 6.79. The van der Waals surface area contributed by atoms with Crippen LogP contribution in [0.15, 0.2) is 65.3 Å². The van der Waals surface area contributed by atoms with E-state index < -0.39 is 0 Å². The molecule has 1 saturated heterocycles. The van der Waals surface area contributed by atoms with E-state index in [9.17, 15) is 4.79 Å². The average Bonchev–Trinajstić information content (AvgIpc) is 3.44. The minimum absolute atomic E-state index is 0.0527. The molecule has 1 atom stereocenters. The third kappa shape index (κ3) is 4.37. The molecule has 1 aromatic heterocycles. The summed E-state index contributed by atoms with van der Waals surface area (Å²) in [6.45, 7) is 6.70. The Morgan fingerprint density at radius 2 is 1.79 bits per heavy atom. The zero-order valence-corrected chi connectivity index (χ0v) is 18.9. The Balaban J connectivity index is 1.21. The Labute approximate surface area is 194 Å². The number of carbonyl (C=O) groups excluding carboxylic acids is 1. The first kappa shape index (κ1) is 21.3. The van der Waals surface area contributed by atoms with Crippen molar-refractivity contribution in [3.05, 3.63) is 88.9 Å². The molecule has 2 aliphatic heterocycles. The molecule has 0 bridgehead atoms. The van der Waals surface area contributed by atoms with Crippen molar-refractivity contribution in [1.82, 2.24) is 9.80 Å². The Hall–Kier alpha value is -3.56. The molecule has 6 heteroatoms. The smallest absolute Gasteiger partial charge is 0.257 e. The van der Waals surface area contributed by atoms with E-state index in [1.807, 2.05) is 35.2 Å². The molecular formula is C27H28N4O2. The predicted molar refractivity (Wildman–Crippen MR) is 127 cm³/mol. The van der Waals surface area contributed by atoms with E-state index in [1.165, 1.54) is 16.8 Å². The fraction of sp³-hybridized carbons (Fsp3) is 0.333. The zero-order chi connectivity index (χ0) is 22.8. The van der Waals surface area contributed by atoms with Gasteiger partial charge in [-0.3, -0.25) is 9.69 Å². The van der Waals surface area contributed by atoms with E-state index in [1.54, 1.807) is 6.26 Å². The third-order valence-corrected chi connectivity index (χ3v) is 6.79. The van der Waals surface area contributed by atoms with Gasteiger partial charge in [-0.1, -0.05) is 30.3 Å². The molecule has 2 aromatic carbocycles. The van der Waals surface area contributed by atoms with Gasteiger partial charge in [-0.05, 0) is 48.7 Å². The number of carbonyl (C=O) groups is 1. The summed E-state index contributed by atoms with van der Waals surface area (Å²) < 4.78 is 5.80. The molecule has 5 rings (SSSR count). The molecule has 0 saturated carbocycles. The number of piperazine rings is 1. The van der Waals surface area contributed by atoms with Gasteiger partial charge in [0, 0.05) is 44.5 Å². The second-order valence-corrected chi connectivity index (χ2v) is 8.94. The molecule has 1 fully saturated rings. The first-order valence-electron chi connectivity index (χ1n) is 11.5. The van der Waals surface area contributed by atoms with Crippen LogP contribution in [0.4, 0.5) is 5.69 Å². The number of furan rings is 1. The van der Waals surface area contributed by atoms with Crippen LogP contribution in [-0.4, -0.2) is 47.9 Å². The molecular weight excluding hydrogens is 412 g/mol. The number of para-hydroxylation sites is 1. The maximum Gasteiger partial charge on any atom is 0.257 e. The Morgan fingerprint density at radius 1 is 1.03 bits per heavy atom. The van der Waals surface area contributed by atoms with Gasteiger partial charge >= 0.3 is 0 Å². The summed E-state index contributed by atoms with van der Waals surface area (Å²) in [6, 6.07) is 20.5. The fourth-order valence-corrected chi connectivity index (χ4v) is 4.90. The van der Waals surface area contributed by atoms with Gasteiger partial charge in [-0.2, -0.15) is 5.26 Å². The minimum atomic E-state index is 0.0527. The summed E-state index contributed by atoms with van der Waals surface area (Å²) in [5.74, 6) is 0.792. The summed E-state index contributed by atoms with van der Waals surface area (Å²) in [5, 5.41) is 8.96. The Kier molecular flexibility index (Phi) is 5.89. The van der Waals surface area contributed by atoms with Crippen LogP contribution in [0.2, 0.25) is 0 Å².